The molecule has 0 N–H and O–H groups in total. The molecule has 116 valence electrons. The molecule has 0 aromatic heterocycles. The molecular formula is C14H24F2N2O2. The highest BCUT2D eigenvalue weighted by atomic mass is 19.3. The first-order valence-corrected chi connectivity index (χ1v) is 7.43. The zero-order valence-electron chi connectivity index (χ0n) is 12.1. The number of nitrogens with zero attached hydrogens (tertiary/aromatic N) is 2. The summed E-state index contributed by atoms with van der Waals surface area (Å²) in [5, 5.41) is 0. The predicted molar refractivity (Wildman–Crippen MR) is 71.8 cm³/mol. The maximum atomic E-state index is 13.0. The molecule has 2 aliphatic heterocycles. The van der Waals surface area contributed by atoms with E-state index in [1.54, 1.807) is 4.90 Å². The summed E-state index contributed by atoms with van der Waals surface area (Å²) >= 11 is 0. The van der Waals surface area contributed by atoms with Gasteiger partial charge in [0.15, 0.2) is 0 Å². The van der Waals surface area contributed by atoms with Gasteiger partial charge in [0.2, 0.25) is 5.91 Å². The van der Waals surface area contributed by atoms with Crippen LogP contribution in [-0.4, -0.2) is 67.1 Å². The van der Waals surface area contributed by atoms with Crippen LogP contribution in [0.1, 0.15) is 32.6 Å². The molecule has 2 aliphatic rings. The number of rotatable bonds is 4. The van der Waals surface area contributed by atoms with Crippen molar-refractivity contribution in [2.75, 3.05) is 39.4 Å². The molecule has 2 rings (SSSR count). The third-order valence-electron chi connectivity index (χ3n) is 3.98. The van der Waals surface area contributed by atoms with Crippen molar-refractivity contribution in [3.05, 3.63) is 0 Å². The minimum absolute atomic E-state index is 0.0803. The average Bonchev–Trinajstić information content (AvgIpc) is 2.38. The van der Waals surface area contributed by atoms with E-state index in [9.17, 15) is 13.6 Å². The number of carbonyl (C=O) groups is 1. The number of piperidine rings is 1. The second kappa shape index (κ2) is 6.80. The van der Waals surface area contributed by atoms with Crippen LogP contribution in [0, 0.1) is 0 Å². The zero-order valence-corrected chi connectivity index (χ0v) is 12.1. The van der Waals surface area contributed by atoms with Crippen LogP contribution < -0.4 is 0 Å². The van der Waals surface area contributed by atoms with Crippen molar-refractivity contribution in [1.29, 1.82) is 0 Å². The molecule has 6 heteroatoms. The van der Waals surface area contributed by atoms with Gasteiger partial charge >= 0.3 is 0 Å². The molecule has 0 radical (unpaired) electrons. The van der Waals surface area contributed by atoms with Crippen LogP contribution in [0.2, 0.25) is 0 Å². The van der Waals surface area contributed by atoms with Crippen molar-refractivity contribution >= 4 is 5.91 Å². The predicted octanol–water partition coefficient (Wildman–Crippen LogP) is 1.75. The number of hydrogen-bond donors (Lipinski definition) is 0. The molecule has 0 spiro atoms. The fourth-order valence-corrected chi connectivity index (χ4v) is 2.97. The second-order valence-corrected chi connectivity index (χ2v) is 5.90. The summed E-state index contributed by atoms with van der Waals surface area (Å²) in [4.78, 5) is 16.0. The molecule has 20 heavy (non-hydrogen) atoms. The molecule has 0 aliphatic carbocycles. The lowest BCUT2D eigenvalue weighted by Gasteiger charge is -2.40. The van der Waals surface area contributed by atoms with Gasteiger partial charge in [-0.1, -0.05) is 0 Å². The SMILES string of the molecule is CC(F)(F)CC(=O)N1CCCC[C@H]1CN1CCOCC1. The Morgan fingerprint density at radius 2 is 1.95 bits per heavy atom. The monoisotopic (exact) mass is 290 g/mol. The third-order valence-corrected chi connectivity index (χ3v) is 3.98. The largest absolute Gasteiger partial charge is 0.379 e. The molecule has 0 aromatic carbocycles. The molecule has 0 saturated carbocycles. The number of amides is 1. The van der Waals surface area contributed by atoms with Crippen LogP contribution in [0.5, 0.6) is 0 Å². The van der Waals surface area contributed by atoms with Crippen molar-refractivity contribution in [1.82, 2.24) is 9.80 Å². The normalized spacial score (nSPS) is 25.8. The average molecular weight is 290 g/mol. The van der Waals surface area contributed by atoms with Gasteiger partial charge in [-0.25, -0.2) is 8.78 Å². The first kappa shape index (κ1) is 15.6. The van der Waals surface area contributed by atoms with Crippen molar-refractivity contribution in [3.63, 3.8) is 0 Å². The van der Waals surface area contributed by atoms with Crippen LogP contribution in [0.3, 0.4) is 0 Å². The van der Waals surface area contributed by atoms with E-state index in [0.29, 0.717) is 19.8 Å². The Morgan fingerprint density at radius 1 is 1.25 bits per heavy atom. The third kappa shape index (κ3) is 4.66. The molecule has 2 saturated heterocycles. The summed E-state index contributed by atoms with van der Waals surface area (Å²) in [6.07, 6.45) is 2.23. The molecule has 0 aromatic rings. The van der Waals surface area contributed by atoms with E-state index in [1.807, 2.05) is 0 Å². The van der Waals surface area contributed by atoms with E-state index in [-0.39, 0.29) is 6.04 Å². The molecule has 2 heterocycles. The van der Waals surface area contributed by atoms with Gasteiger partial charge < -0.3 is 9.64 Å². The quantitative estimate of drug-likeness (QED) is 0.791. The van der Waals surface area contributed by atoms with E-state index in [4.69, 9.17) is 4.74 Å². The highest BCUT2D eigenvalue weighted by Crippen LogP contribution is 2.24. The van der Waals surface area contributed by atoms with Crippen molar-refractivity contribution < 1.29 is 18.3 Å². The van der Waals surface area contributed by atoms with Gasteiger partial charge in [0.25, 0.3) is 5.92 Å². The van der Waals surface area contributed by atoms with E-state index < -0.39 is 18.3 Å². The number of morpholine rings is 1. The molecule has 0 unspecified atom stereocenters. The van der Waals surface area contributed by atoms with Gasteiger partial charge in [-0.2, -0.15) is 0 Å². The van der Waals surface area contributed by atoms with E-state index in [0.717, 1.165) is 45.8 Å². The van der Waals surface area contributed by atoms with E-state index in [2.05, 4.69) is 4.90 Å². The fourth-order valence-electron chi connectivity index (χ4n) is 2.97. The minimum atomic E-state index is -2.92. The minimum Gasteiger partial charge on any atom is -0.379 e. The number of carbonyl (C=O) groups excluding carboxylic acids is 1. The Morgan fingerprint density at radius 3 is 2.60 bits per heavy atom. The van der Waals surface area contributed by atoms with Gasteiger partial charge in [-0.05, 0) is 26.2 Å². The molecule has 1 atom stereocenters. The number of likely N-dealkylation sites (tertiary alicyclic amines) is 1. The number of ether oxygens (including phenoxy) is 1. The van der Waals surface area contributed by atoms with Crippen LogP contribution in [0.15, 0.2) is 0 Å². The van der Waals surface area contributed by atoms with Gasteiger partial charge in [0.05, 0.1) is 19.6 Å². The van der Waals surface area contributed by atoms with Gasteiger partial charge in [0, 0.05) is 32.2 Å². The first-order valence-electron chi connectivity index (χ1n) is 7.43. The van der Waals surface area contributed by atoms with E-state index >= 15 is 0 Å². The Kier molecular flexibility index (Phi) is 5.32. The molecule has 4 nitrogen and oxygen atoms in total. The van der Waals surface area contributed by atoms with Crippen LogP contribution in [-0.2, 0) is 9.53 Å². The fraction of sp³-hybridized carbons (Fsp3) is 0.929. The summed E-state index contributed by atoms with van der Waals surface area (Å²) in [5.41, 5.74) is 0. The Hall–Kier alpha value is -0.750. The van der Waals surface area contributed by atoms with Crippen molar-refractivity contribution in [2.45, 2.75) is 44.6 Å². The summed E-state index contributed by atoms with van der Waals surface area (Å²) in [6.45, 7) is 5.37. The van der Waals surface area contributed by atoms with Gasteiger partial charge in [-0.3, -0.25) is 9.69 Å². The van der Waals surface area contributed by atoms with Crippen molar-refractivity contribution in [2.24, 2.45) is 0 Å². The Labute approximate surface area is 119 Å². The summed E-state index contributed by atoms with van der Waals surface area (Å²) in [7, 11) is 0. The first-order chi connectivity index (χ1) is 9.46. The maximum Gasteiger partial charge on any atom is 0.254 e. The van der Waals surface area contributed by atoms with Crippen LogP contribution in [0.4, 0.5) is 8.78 Å². The number of hydrogen-bond acceptors (Lipinski definition) is 3. The number of halogens is 2. The standard InChI is InChI=1S/C14H24F2N2O2/c1-14(15,16)10-13(19)18-5-3-2-4-12(18)11-17-6-8-20-9-7-17/h12H,2-11H2,1H3/t12-/m0/s1. The van der Waals surface area contributed by atoms with Crippen LogP contribution >= 0.6 is 0 Å². The molecule has 1 amide bonds. The van der Waals surface area contributed by atoms with Crippen molar-refractivity contribution in [3.8, 4) is 0 Å². The number of alkyl halides is 2. The summed E-state index contributed by atoms with van der Waals surface area (Å²) < 4.78 is 31.4. The topological polar surface area (TPSA) is 32.8 Å². The molecule has 2 fully saturated rings. The van der Waals surface area contributed by atoms with Gasteiger partial charge in [-0.15, -0.1) is 0 Å². The second-order valence-electron chi connectivity index (χ2n) is 5.90. The lowest BCUT2D eigenvalue weighted by molar-refractivity contribution is -0.142. The highest BCUT2D eigenvalue weighted by Gasteiger charge is 2.33. The maximum absolute atomic E-state index is 13.0. The van der Waals surface area contributed by atoms with Gasteiger partial charge in [0.1, 0.15) is 0 Å². The molecular weight excluding hydrogens is 266 g/mol. The zero-order chi connectivity index (χ0) is 14.6. The summed E-state index contributed by atoms with van der Waals surface area (Å²) in [5.74, 6) is -3.33. The lowest BCUT2D eigenvalue weighted by atomic mass is 10.0. The Bertz CT molecular complexity index is 328. The molecule has 0 bridgehead atoms. The van der Waals surface area contributed by atoms with E-state index in [1.165, 1.54) is 0 Å². The highest BCUT2D eigenvalue weighted by molar-refractivity contribution is 5.77. The summed E-state index contributed by atoms with van der Waals surface area (Å²) in [6, 6.07) is 0.0803. The van der Waals surface area contributed by atoms with Crippen LogP contribution in [0.25, 0.3) is 0 Å². The smallest absolute Gasteiger partial charge is 0.254 e. The lowest BCUT2D eigenvalue weighted by Crippen LogP contribution is -2.52. The Balaban J connectivity index is 1.92.